The number of fused-ring (bicyclic) bond motifs is 1. The van der Waals surface area contributed by atoms with Crippen LogP contribution >= 0.6 is 38.9 Å². The number of hydrogen-bond acceptors (Lipinski definition) is 9. The lowest BCUT2D eigenvalue weighted by atomic mass is 9.97. The second kappa shape index (κ2) is 14.2. The third kappa shape index (κ3) is 6.83. The molecule has 0 amide bonds. The zero-order chi connectivity index (χ0) is 32.1. The van der Waals surface area contributed by atoms with E-state index in [4.69, 9.17) is 35.8 Å². The molecule has 9 nitrogen and oxygen atoms in total. The molecule has 0 fully saturated rings. The fourth-order valence-electron chi connectivity index (χ4n) is 4.80. The number of hydrogen-bond donors (Lipinski definition) is 0. The van der Waals surface area contributed by atoms with Gasteiger partial charge in [0.1, 0.15) is 12.4 Å². The fourth-order valence-corrected chi connectivity index (χ4v) is 6.71. The summed E-state index contributed by atoms with van der Waals surface area (Å²) in [6.45, 7) is 4.80. The number of halogens is 2. The van der Waals surface area contributed by atoms with E-state index in [0.29, 0.717) is 66.0 Å². The minimum absolute atomic E-state index is 0.194. The predicted octanol–water partition coefficient (Wildman–Crippen LogP) is 5.68. The number of ether oxygens (including phenoxy) is 4. The highest BCUT2D eigenvalue weighted by Gasteiger charge is 2.31. The van der Waals surface area contributed by atoms with Gasteiger partial charge in [0, 0.05) is 16.8 Å². The molecule has 3 aromatic carbocycles. The van der Waals surface area contributed by atoms with Gasteiger partial charge in [-0.25, -0.2) is 9.79 Å². The summed E-state index contributed by atoms with van der Waals surface area (Å²) < 4.78 is 25.2. The number of benzene rings is 3. The number of nitrogens with zero attached hydrogens (tertiary/aromatic N) is 3. The minimum atomic E-state index is -0.830. The molecule has 5 rings (SSSR count). The summed E-state index contributed by atoms with van der Waals surface area (Å²) in [5, 5.41) is 9.52. The largest absolute Gasteiger partial charge is 0.490 e. The van der Waals surface area contributed by atoms with Crippen molar-refractivity contribution < 1.29 is 23.7 Å². The van der Waals surface area contributed by atoms with Gasteiger partial charge in [0.05, 0.1) is 52.6 Å². The Hall–Kier alpha value is -4.37. The van der Waals surface area contributed by atoms with Gasteiger partial charge in [-0.1, -0.05) is 41.1 Å². The number of nitriles is 1. The topological polar surface area (TPSA) is 112 Å². The van der Waals surface area contributed by atoms with Crippen LogP contribution in [-0.2, 0) is 16.1 Å². The Bertz CT molecular complexity index is 2010. The molecule has 0 radical (unpaired) electrons. The van der Waals surface area contributed by atoms with Gasteiger partial charge in [-0.2, -0.15) is 5.26 Å². The summed E-state index contributed by atoms with van der Waals surface area (Å²) in [5.41, 5.74) is 2.43. The Kier molecular flexibility index (Phi) is 10.1. The zero-order valence-corrected chi connectivity index (χ0v) is 27.7. The fraction of sp³-hybridized carbons (Fsp3) is 0.212. The smallest absolute Gasteiger partial charge is 0.337 e. The molecule has 0 saturated heterocycles. The van der Waals surface area contributed by atoms with Crippen LogP contribution in [0.25, 0.3) is 6.08 Å². The molecule has 0 saturated carbocycles. The van der Waals surface area contributed by atoms with Crippen molar-refractivity contribution in [1.82, 2.24) is 4.57 Å². The van der Waals surface area contributed by atoms with Gasteiger partial charge in [-0.3, -0.25) is 9.36 Å². The summed E-state index contributed by atoms with van der Waals surface area (Å²) >= 11 is 11.1. The highest BCUT2D eigenvalue weighted by Crippen LogP contribution is 2.36. The van der Waals surface area contributed by atoms with Crippen molar-refractivity contribution in [2.45, 2.75) is 26.5 Å². The highest BCUT2D eigenvalue weighted by molar-refractivity contribution is 9.10. The summed E-state index contributed by atoms with van der Waals surface area (Å²) in [5.74, 6) is 0.920. The Morgan fingerprint density at radius 3 is 2.51 bits per heavy atom. The molecule has 230 valence electrons. The van der Waals surface area contributed by atoms with Crippen LogP contribution in [0, 0.1) is 11.3 Å². The Balaban J connectivity index is 1.61. The number of thiazole rings is 1. The van der Waals surface area contributed by atoms with Crippen molar-refractivity contribution in [2.24, 2.45) is 4.99 Å². The van der Waals surface area contributed by atoms with E-state index in [2.05, 4.69) is 27.0 Å². The quantitative estimate of drug-likeness (QED) is 0.195. The van der Waals surface area contributed by atoms with Gasteiger partial charge in [-0.05, 0) is 83.4 Å². The Morgan fingerprint density at radius 2 is 1.82 bits per heavy atom. The van der Waals surface area contributed by atoms with Crippen LogP contribution in [0.3, 0.4) is 0 Å². The normalized spacial score (nSPS) is 14.1. The standard InChI is InChI=1S/C33H27BrClN3O6S/c1-4-42-26-11-10-21(13-27(26)43-5-2)29-24(32(40)41-3)17-37-33-38(29)31(39)28(45-33)14-22-12-23(35)15-25(34)30(22)44-18-20-8-6-19(16-36)7-9-20/h6-15,17,29H,4-5,18H2,1-3H3/b28-14+/t29-/m0/s1. The van der Waals surface area contributed by atoms with Gasteiger partial charge in [0.2, 0.25) is 0 Å². The van der Waals surface area contributed by atoms with E-state index in [9.17, 15) is 9.59 Å². The van der Waals surface area contributed by atoms with E-state index in [1.165, 1.54) is 29.2 Å². The van der Waals surface area contributed by atoms with E-state index < -0.39 is 12.0 Å². The van der Waals surface area contributed by atoms with Gasteiger partial charge in [0.25, 0.3) is 5.56 Å². The number of carbonyl (C=O) groups excluding carboxylic acids is 1. The van der Waals surface area contributed by atoms with Crippen molar-refractivity contribution >= 4 is 50.9 Å². The first kappa shape index (κ1) is 32.0. The second-order valence-electron chi connectivity index (χ2n) is 9.65. The molecule has 12 heteroatoms. The van der Waals surface area contributed by atoms with E-state index in [-0.39, 0.29) is 17.7 Å². The van der Waals surface area contributed by atoms with Gasteiger partial charge in [0.15, 0.2) is 16.3 Å². The summed E-state index contributed by atoms with van der Waals surface area (Å²) in [4.78, 5) is 31.9. The molecule has 0 bridgehead atoms. The molecular formula is C33H27BrClN3O6S. The Labute approximate surface area is 276 Å². The molecule has 1 aromatic heterocycles. The highest BCUT2D eigenvalue weighted by atomic mass is 79.9. The van der Waals surface area contributed by atoms with Crippen molar-refractivity contribution in [3.8, 4) is 23.3 Å². The van der Waals surface area contributed by atoms with Crippen LogP contribution in [0.4, 0.5) is 0 Å². The predicted molar refractivity (Wildman–Crippen MR) is 175 cm³/mol. The van der Waals surface area contributed by atoms with Crippen LogP contribution in [0.5, 0.6) is 17.2 Å². The first-order chi connectivity index (χ1) is 21.8. The third-order valence-electron chi connectivity index (χ3n) is 6.80. The molecule has 4 aromatic rings. The maximum Gasteiger partial charge on any atom is 0.337 e. The molecule has 1 atom stereocenters. The first-order valence-corrected chi connectivity index (χ1v) is 15.9. The molecule has 45 heavy (non-hydrogen) atoms. The molecule has 0 aliphatic carbocycles. The van der Waals surface area contributed by atoms with Crippen molar-refractivity contribution in [2.75, 3.05) is 20.3 Å². The molecule has 0 N–H and O–H groups in total. The van der Waals surface area contributed by atoms with Crippen LogP contribution in [0.15, 0.2) is 80.6 Å². The maximum atomic E-state index is 14.1. The first-order valence-electron chi connectivity index (χ1n) is 13.9. The number of esters is 1. The Morgan fingerprint density at radius 1 is 1.09 bits per heavy atom. The molecule has 1 aliphatic rings. The lowest BCUT2D eigenvalue weighted by Crippen LogP contribution is -2.39. The van der Waals surface area contributed by atoms with Crippen molar-refractivity contribution in [3.05, 3.63) is 118 Å². The number of aromatic nitrogens is 1. The van der Waals surface area contributed by atoms with Crippen LogP contribution in [0.1, 0.15) is 42.1 Å². The monoisotopic (exact) mass is 707 g/mol. The molecule has 0 unspecified atom stereocenters. The lowest BCUT2D eigenvalue weighted by Gasteiger charge is -2.23. The molecular weight excluding hydrogens is 682 g/mol. The minimum Gasteiger partial charge on any atom is -0.490 e. The van der Waals surface area contributed by atoms with Crippen molar-refractivity contribution in [3.63, 3.8) is 0 Å². The summed E-state index contributed by atoms with van der Waals surface area (Å²) in [7, 11) is 1.28. The van der Waals surface area contributed by atoms with Gasteiger partial charge < -0.3 is 18.9 Å². The van der Waals surface area contributed by atoms with E-state index in [0.717, 1.165) is 5.56 Å². The maximum absolute atomic E-state index is 14.1. The van der Waals surface area contributed by atoms with E-state index >= 15 is 0 Å². The lowest BCUT2D eigenvalue weighted by molar-refractivity contribution is -0.136. The van der Waals surface area contributed by atoms with Crippen LogP contribution < -0.4 is 29.1 Å². The third-order valence-corrected chi connectivity index (χ3v) is 8.60. The number of carbonyl (C=O) groups is 1. The van der Waals surface area contributed by atoms with E-state index in [1.54, 1.807) is 48.5 Å². The average molecular weight is 709 g/mol. The second-order valence-corrected chi connectivity index (χ2v) is 12.0. The SMILES string of the molecule is CCOc1ccc([C@H]2C(C(=O)OC)=CN=c3s/c(=C/c4cc(Cl)cc(Br)c4OCc4ccc(C#N)cc4)c(=O)n32)cc1OCC. The average Bonchev–Trinajstić information content (AvgIpc) is 3.35. The van der Waals surface area contributed by atoms with E-state index in [1.807, 2.05) is 26.0 Å². The number of methoxy groups -OCH3 is 1. The summed E-state index contributed by atoms with van der Waals surface area (Å²) in [6.07, 6.45) is 3.13. The zero-order valence-electron chi connectivity index (χ0n) is 24.5. The summed E-state index contributed by atoms with van der Waals surface area (Å²) in [6, 6.07) is 17.1. The van der Waals surface area contributed by atoms with Gasteiger partial charge >= 0.3 is 5.97 Å². The number of rotatable bonds is 10. The van der Waals surface area contributed by atoms with Crippen LogP contribution in [0.2, 0.25) is 5.02 Å². The van der Waals surface area contributed by atoms with Gasteiger partial charge in [-0.15, -0.1) is 0 Å². The van der Waals surface area contributed by atoms with Crippen molar-refractivity contribution in [1.29, 1.82) is 5.26 Å². The van der Waals surface area contributed by atoms with Crippen LogP contribution in [-0.4, -0.2) is 30.9 Å². The molecule has 1 aliphatic heterocycles. The molecule has 0 spiro atoms. The molecule has 2 heterocycles.